The maximum atomic E-state index is 6.09. The molecular weight excluding hydrogens is 266 g/mol. The van der Waals surface area contributed by atoms with E-state index in [4.69, 9.17) is 16.3 Å². The number of halogens is 1. The van der Waals surface area contributed by atoms with E-state index < -0.39 is 0 Å². The van der Waals surface area contributed by atoms with Crippen LogP contribution in [0.2, 0.25) is 5.02 Å². The molecule has 1 aliphatic rings. The molecule has 106 valence electrons. The molecule has 1 fully saturated rings. The molecule has 0 saturated carbocycles. The fourth-order valence-electron chi connectivity index (χ4n) is 2.04. The number of hydrogen-bond acceptors (Lipinski definition) is 6. The Morgan fingerprint density at radius 3 is 2.89 bits per heavy atom. The molecule has 2 N–H and O–H groups in total. The van der Waals surface area contributed by atoms with Crippen LogP contribution in [-0.4, -0.2) is 60.8 Å². The van der Waals surface area contributed by atoms with Gasteiger partial charge in [-0.3, -0.25) is 4.90 Å². The predicted octanol–water partition coefficient (Wildman–Crippen LogP) is 1.30. The van der Waals surface area contributed by atoms with E-state index in [2.05, 4.69) is 32.4 Å². The summed E-state index contributed by atoms with van der Waals surface area (Å²) in [7, 11) is 1.78. The van der Waals surface area contributed by atoms with Crippen LogP contribution in [0, 0.1) is 0 Å². The Kier molecular flexibility index (Phi) is 5.18. The van der Waals surface area contributed by atoms with Crippen molar-refractivity contribution in [3.05, 3.63) is 11.2 Å². The van der Waals surface area contributed by atoms with Gasteiger partial charge in [0, 0.05) is 32.7 Å². The van der Waals surface area contributed by atoms with Gasteiger partial charge in [0.15, 0.2) is 5.82 Å². The van der Waals surface area contributed by atoms with Crippen LogP contribution in [0.4, 0.5) is 11.8 Å². The maximum absolute atomic E-state index is 6.09. The number of nitrogens with zero attached hydrogens (tertiary/aromatic N) is 3. The van der Waals surface area contributed by atoms with Gasteiger partial charge in [0.2, 0.25) is 5.95 Å². The highest BCUT2D eigenvalue weighted by molar-refractivity contribution is 6.32. The van der Waals surface area contributed by atoms with Gasteiger partial charge in [0.1, 0.15) is 5.02 Å². The Labute approximate surface area is 118 Å². The minimum Gasteiger partial charge on any atom is -0.379 e. The van der Waals surface area contributed by atoms with Crippen molar-refractivity contribution in [3.63, 3.8) is 0 Å². The van der Waals surface area contributed by atoms with Gasteiger partial charge in [-0.1, -0.05) is 11.6 Å². The third-order valence-electron chi connectivity index (χ3n) is 2.99. The lowest BCUT2D eigenvalue weighted by Gasteiger charge is -2.29. The first-order valence-electron chi connectivity index (χ1n) is 6.46. The van der Waals surface area contributed by atoms with Gasteiger partial charge >= 0.3 is 0 Å². The number of rotatable bonds is 5. The molecule has 1 unspecified atom stereocenters. The standard InChI is InChI=1S/C12H20ClN5O/c1-9(8-18-3-5-19-6-4-18)16-11-10(13)7-15-12(14-2)17-11/h7,9H,3-6,8H2,1-2H3,(H2,14,15,16,17). The van der Waals surface area contributed by atoms with Gasteiger partial charge in [0.05, 0.1) is 19.4 Å². The summed E-state index contributed by atoms with van der Waals surface area (Å²) in [5.74, 6) is 1.23. The number of aromatic nitrogens is 2. The molecule has 6 nitrogen and oxygen atoms in total. The Hall–Kier alpha value is -1.11. The van der Waals surface area contributed by atoms with Crippen molar-refractivity contribution in [2.24, 2.45) is 0 Å². The van der Waals surface area contributed by atoms with Gasteiger partial charge < -0.3 is 15.4 Å². The first-order valence-corrected chi connectivity index (χ1v) is 6.83. The van der Waals surface area contributed by atoms with E-state index in [0.29, 0.717) is 16.8 Å². The topological polar surface area (TPSA) is 62.3 Å². The zero-order valence-electron chi connectivity index (χ0n) is 11.3. The third kappa shape index (κ3) is 4.19. The molecule has 0 aromatic carbocycles. The lowest BCUT2D eigenvalue weighted by atomic mass is 10.3. The first-order chi connectivity index (χ1) is 9.19. The monoisotopic (exact) mass is 285 g/mol. The van der Waals surface area contributed by atoms with Crippen molar-refractivity contribution in [1.29, 1.82) is 0 Å². The Bertz CT molecular complexity index is 411. The summed E-state index contributed by atoms with van der Waals surface area (Å²) in [6, 6.07) is 0.259. The zero-order valence-corrected chi connectivity index (χ0v) is 12.1. The average Bonchev–Trinajstić information content (AvgIpc) is 2.42. The highest BCUT2D eigenvalue weighted by Gasteiger charge is 2.15. The van der Waals surface area contributed by atoms with Crippen molar-refractivity contribution < 1.29 is 4.74 Å². The van der Waals surface area contributed by atoms with E-state index in [1.807, 2.05) is 0 Å². The Balaban J connectivity index is 1.92. The zero-order chi connectivity index (χ0) is 13.7. The van der Waals surface area contributed by atoms with E-state index in [0.717, 1.165) is 32.8 Å². The minimum atomic E-state index is 0.259. The van der Waals surface area contributed by atoms with Crippen molar-refractivity contribution in [3.8, 4) is 0 Å². The molecule has 2 heterocycles. The fraction of sp³-hybridized carbons (Fsp3) is 0.667. The lowest BCUT2D eigenvalue weighted by Crippen LogP contribution is -2.42. The van der Waals surface area contributed by atoms with Gasteiger partial charge in [-0.05, 0) is 6.92 Å². The van der Waals surface area contributed by atoms with Gasteiger partial charge in [-0.25, -0.2) is 4.98 Å². The van der Waals surface area contributed by atoms with Crippen LogP contribution in [-0.2, 0) is 4.74 Å². The fourth-order valence-corrected chi connectivity index (χ4v) is 2.18. The van der Waals surface area contributed by atoms with Crippen molar-refractivity contribution in [1.82, 2.24) is 14.9 Å². The summed E-state index contributed by atoms with van der Waals surface area (Å²) in [5, 5.41) is 6.76. The quantitative estimate of drug-likeness (QED) is 0.850. The largest absolute Gasteiger partial charge is 0.379 e. The summed E-state index contributed by atoms with van der Waals surface area (Å²) >= 11 is 6.09. The molecule has 7 heteroatoms. The second-order valence-corrected chi connectivity index (χ2v) is 5.01. The first kappa shape index (κ1) is 14.3. The molecule has 0 bridgehead atoms. The van der Waals surface area contributed by atoms with Crippen LogP contribution in [0.15, 0.2) is 6.20 Å². The molecule has 0 spiro atoms. The van der Waals surface area contributed by atoms with Crippen molar-refractivity contribution in [2.75, 3.05) is 50.5 Å². The van der Waals surface area contributed by atoms with Crippen molar-refractivity contribution in [2.45, 2.75) is 13.0 Å². The molecule has 0 amide bonds. The van der Waals surface area contributed by atoms with E-state index in [-0.39, 0.29) is 6.04 Å². The maximum Gasteiger partial charge on any atom is 0.224 e. The van der Waals surface area contributed by atoms with E-state index in [1.54, 1.807) is 13.2 Å². The number of hydrogen-bond donors (Lipinski definition) is 2. The molecule has 1 saturated heterocycles. The van der Waals surface area contributed by atoms with Crippen LogP contribution in [0.3, 0.4) is 0 Å². The van der Waals surface area contributed by atoms with Crippen LogP contribution >= 0.6 is 11.6 Å². The molecule has 2 rings (SSSR count). The smallest absolute Gasteiger partial charge is 0.224 e. The highest BCUT2D eigenvalue weighted by Crippen LogP contribution is 2.20. The second kappa shape index (κ2) is 6.88. The van der Waals surface area contributed by atoms with Crippen molar-refractivity contribution >= 4 is 23.4 Å². The molecule has 0 radical (unpaired) electrons. The highest BCUT2D eigenvalue weighted by atomic mass is 35.5. The molecule has 1 aromatic rings. The van der Waals surface area contributed by atoms with E-state index in [9.17, 15) is 0 Å². The number of morpholine rings is 1. The molecule has 0 aliphatic carbocycles. The van der Waals surface area contributed by atoms with Crippen LogP contribution in [0.5, 0.6) is 0 Å². The number of ether oxygens (including phenoxy) is 1. The summed E-state index contributed by atoms with van der Waals surface area (Å²) in [5.41, 5.74) is 0. The van der Waals surface area contributed by atoms with Gasteiger partial charge in [-0.15, -0.1) is 0 Å². The lowest BCUT2D eigenvalue weighted by molar-refractivity contribution is 0.0368. The molecule has 1 atom stereocenters. The summed E-state index contributed by atoms with van der Waals surface area (Å²) in [6.45, 7) is 6.64. The van der Waals surface area contributed by atoms with Gasteiger partial charge in [0.25, 0.3) is 0 Å². The number of anilines is 2. The number of nitrogens with one attached hydrogen (secondary N) is 2. The molecular formula is C12H20ClN5O. The summed E-state index contributed by atoms with van der Waals surface area (Å²) in [6.07, 6.45) is 1.60. The molecule has 1 aliphatic heterocycles. The summed E-state index contributed by atoms with van der Waals surface area (Å²) < 4.78 is 5.34. The van der Waals surface area contributed by atoms with Crippen LogP contribution in [0.1, 0.15) is 6.92 Å². The second-order valence-electron chi connectivity index (χ2n) is 4.60. The SMILES string of the molecule is CNc1ncc(Cl)c(NC(C)CN2CCOCC2)n1. The van der Waals surface area contributed by atoms with Crippen LogP contribution in [0.25, 0.3) is 0 Å². The normalized spacial score (nSPS) is 18.1. The predicted molar refractivity (Wildman–Crippen MR) is 76.9 cm³/mol. The van der Waals surface area contributed by atoms with E-state index in [1.165, 1.54) is 0 Å². The minimum absolute atomic E-state index is 0.259. The van der Waals surface area contributed by atoms with E-state index >= 15 is 0 Å². The third-order valence-corrected chi connectivity index (χ3v) is 3.26. The Morgan fingerprint density at radius 1 is 1.47 bits per heavy atom. The van der Waals surface area contributed by atoms with Gasteiger partial charge in [-0.2, -0.15) is 4.98 Å². The summed E-state index contributed by atoms with van der Waals surface area (Å²) in [4.78, 5) is 10.7. The Morgan fingerprint density at radius 2 is 2.21 bits per heavy atom. The average molecular weight is 286 g/mol. The van der Waals surface area contributed by atoms with Crippen LogP contribution < -0.4 is 10.6 Å². The molecule has 19 heavy (non-hydrogen) atoms. The molecule has 1 aromatic heterocycles.